The lowest BCUT2D eigenvalue weighted by Crippen LogP contribution is -2.19. The van der Waals surface area contributed by atoms with E-state index in [1.165, 1.54) is 5.56 Å². The van der Waals surface area contributed by atoms with Crippen LogP contribution in [0.15, 0.2) is 60.7 Å². The second-order valence-corrected chi connectivity index (χ2v) is 6.38. The zero-order valence-electron chi connectivity index (χ0n) is 14.4. The highest BCUT2D eigenvalue weighted by Gasteiger charge is 2.08. The molecular weight excluding hydrogens is 332 g/mol. The van der Waals surface area contributed by atoms with Crippen LogP contribution in [-0.2, 0) is 13.1 Å². The predicted molar refractivity (Wildman–Crippen MR) is 104 cm³/mol. The molecule has 3 aromatic rings. The third-order valence-corrected chi connectivity index (χ3v) is 4.26. The maximum Gasteiger partial charge on any atom is 0.225 e. The van der Waals surface area contributed by atoms with Crippen molar-refractivity contribution in [2.24, 2.45) is 0 Å². The zero-order chi connectivity index (χ0) is 17.6. The number of hydrogen-bond donors (Lipinski definition) is 1. The highest BCUT2D eigenvalue weighted by atomic mass is 35.5. The summed E-state index contributed by atoms with van der Waals surface area (Å²) < 4.78 is 0. The molecule has 4 nitrogen and oxygen atoms in total. The number of anilines is 2. The lowest BCUT2D eigenvalue weighted by atomic mass is 10.2. The summed E-state index contributed by atoms with van der Waals surface area (Å²) in [6.45, 7) is 3.36. The molecule has 0 saturated carbocycles. The van der Waals surface area contributed by atoms with Crippen molar-refractivity contribution in [3.05, 3.63) is 82.5 Å². The lowest BCUT2D eigenvalue weighted by molar-refractivity contribution is 0.884. The first-order valence-electron chi connectivity index (χ1n) is 8.20. The molecule has 0 unspecified atom stereocenters. The molecule has 5 heteroatoms. The highest BCUT2D eigenvalue weighted by molar-refractivity contribution is 6.31. The summed E-state index contributed by atoms with van der Waals surface area (Å²) in [6.07, 6.45) is 0. The molecule has 0 saturated heterocycles. The predicted octanol–water partition coefficient (Wildman–Crippen LogP) is 4.69. The quantitative estimate of drug-likeness (QED) is 0.699. The number of aromatic nitrogens is 2. The first-order valence-corrected chi connectivity index (χ1v) is 8.57. The number of halogens is 1. The molecule has 1 aromatic heterocycles. The second-order valence-electron chi connectivity index (χ2n) is 5.98. The Morgan fingerprint density at radius 2 is 1.72 bits per heavy atom. The Kier molecular flexibility index (Phi) is 5.51. The fourth-order valence-corrected chi connectivity index (χ4v) is 2.78. The summed E-state index contributed by atoms with van der Waals surface area (Å²) in [6, 6.07) is 20.1. The standard InChI is InChI=1S/C20H21ClN4/c1-15-12-19(25(2)14-16-8-4-3-5-9-16)24-20(23-15)22-13-17-10-6-7-11-18(17)21/h3-12H,13-14H2,1-2H3,(H,22,23,24). The summed E-state index contributed by atoms with van der Waals surface area (Å²) in [5.41, 5.74) is 3.19. The van der Waals surface area contributed by atoms with E-state index in [9.17, 15) is 0 Å². The molecule has 128 valence electrons. The number of aryl methyl sites for hydroxylation is 1. The van der Waals surface area contributed by atoms with Crippen molar-refractivity contribution >= 4 is 23.4 Å². The van der Waals surface area contributed by atoms with Crippen LogP contribution in [0.5, 0.6) is 0 Å². The normalized spacial score (nSPS) is 10.5. The molecule has 0 atom stereocenters. The summed E-state index contributed by atoms with van der Waals surface area (Å²) in [5, 5.41) is 4.01. The van der Waals surface area contributed by atoms with Gasteiger partial charge in [0.05, 0.1) is 0 Å². The minimum absolute atomic E-state index is 0.588. The monoisotopic (exact) mass is 352 g/mol. The number of nitrogens with zero attached hydrogens (tertiary/aromatic N) is 3. The van der Waals surface area contributed by atoms with E-state index in [0.717, 1.165) is 28.6 Å². The Labute approximate surface area is 153 Å². The number of hydrogen-bond acceptors (Lipinski definition) is 4. The van der Waals surface area contributed by atoms with Gasteiger partial charge in [0.1, 0.15) is 5.82 Å². The van der Waals surface area contributed by atoms with Gasteiger partial charge in [-0.1, -0.05) is 60.1 Å². The van der Waals surface area contributed by atoms with Crippen molar-refractivity contribution in [1.29, 1.82) is 0 Å². The van der Waals surface area contributed by atoms with E-state index < -0.39 is 0 Å². The van der Waals surface area contributed by atoms with Crippen LogP contribution in [0.4, 0.5) is 11.8 Å². The van der Waals surface area contributed by atoms with Crippen LogP contribution in [0, 0.1) is 6.92 Å². The Hall–Kier alpha value is -2.59. The van der Waals surface area contributed by atoms with Gasteiger partial charge in [-0.05, 0) is 24.1 Å². The zero-order valence-corrected chi connectivity index (χ0v) is 15.2. The molecular formula is C20H21ClN4. The first kappa shape index (κ1) is 17.2. The Morgan fingerprint density at radius 1 is 1.00 bits per heavy atom. The van der Waals surface area contributed by atoms with Gasteiger partial charge in [0, 0.05) is 36.9 Å². The van der Waals surface area contributed by atoms with Crippen LogP contribution in [0.25, 0.3) is 0 Å². The lowest BCUT2D eigenvalue weighted by Gasteiger charge is -2.19. The smallest absolute Gasteiger partial charge is 0.225 e. The highest BCUT2D eigenvalue weighted by Crippen LogP contribution is 2.19. The molecule has 2 aromatic carbocycles. The Balaban J connectivity index is 1.72. The first-order chi connectivity index (χ1) is 12.1. The minimum Gasteiger partial charge on any atom is -0.355 e. The van der Waals surface area contributed by atoms with Gasteiger partial charge in [-0.15, -0.1) is 0 Å². The Morgan fingerprint density at radius 3 is 2.48 bits per heavy atom. The molecule has 0 fully saturated rings. The van der Waals surface area contributed by atoms with Crippen molar-refractivity contribution in [2.45, 2.75) is 20.0 Å². The largest absolute Gasteiger partial charge is 0.355 e. The van der Waals surface area contributed by atoms with Gasteiger partial charge in [-0.25, -0.2) is 4.98 Å². The summed E-state index contributed by atoms with van der Waals surface area (Å²) in [4.78, 5) is 11.2. The maximum atomic E-state index is 6.20. The van der Waals surface area contributed by atoms with Crippen molar-refractivity contribution in [3.8, 4) is 0 Å². The van der Waals surface area contributed by atoms with Crippen LogP contribution in [-0.4, -0.2) is 17.0 Å². The van der Waals surface area contributed by atoms with Gasteiger partial charge in [0.15, 0.2) is 0 Å². The fraction of sp³-hybridized carbons (Fsp3) is 0.200. The molecule has 0 aliphatic heterocycles. The third kappa shape index (κ3) is 4.70. The SMILES string of the molecule is Cc1cc(N(C)Cc2ccccc2)nc(NCc2ccccc2Cl)n1. The molecule has 25 heavy (non-hydrogen) atoms. The van der Waals surface area contributed by atoms with E-state index >= 15 is 0 Å². The molecule has 1 heterocycles. The van der Waals surface area contributed by atoms with Crippen LogP contribution >= 0.6 is 11.6 Å². The molecule has 0 aliphatic carbocycles. The maximum absolute atomic E-state index is 6.20. The number of nitrogens with one attached hydrogen (secondary N) is 1. The molecule has 0 amide bonds. The molecule has 3 rings (SSSR count). The average molecular weight is 353 g/mol. The number of rotatable bonds is 6. The van der Waals surface area contributed by atoms with E-state index in [-0.39, 0.29) is 0 Å². The molecule has 0 bridgehead atoms. The van der Waals surface area contributed by atoms with Crippen molar-refractivity contribution in [2.75, 3.05) is 17.3 Å². The van der Waals surface area contributed by atoms with E-state index in [4.69, 9.17) is 11.6 Å². The topological polar surface area (TPSA) is 41.1 Å². The van der Waals surface area contributed by atoms with Crippen LogP contribution < -0.4 is 10.2 Å². The molecule has 0 aliphatic rings. The molecule has 0 radical (unpaired) electrons. The van der Waals surface area contributed by atoms with Crippen molar-refractivity contribution in [1.82, 2.24) is 9.97 Å². The second kappa shape index (κ2) is 7.99. The molecule has 1 N–H and O–H groups in total. The Bertz CT molecular complexity index is 836. The summed E-state index contributed by atoms with van der Waals surface area (Å²) >= 11 is 6.20. The van der Waals surface area contributed by atoms with E-state index in [2.05, 4.69) is 32.3 Å². The molecule has 0 spiro atoms. The fourth-order valence-electron chi connectivity index (χ4n) is 2.58. The van der Waals surface area contributed by atoms with E-state index in [1.807, 2.05) is 62.5 Å². The van der Waals surface area contributed by atoms with E-state index in [1.54, 1.807) is 0 Å². The van der Waals surface area contributed by atoms with Crippen molar-refractivity contribution < 1.29 is 0 Å². The average Bonchev–Trinajstić information content (AvgIpc) is 2.61. The van der Waals surface area contributed by atoms with Gasteiger partial charge < -0.3 is 10.2 Å². The third-order valence-electron chi connectivity index (χ3n) is 3.89. The van der Waals surface area contributed by atoms with Gasteiger partial charge in [0.25, 0.3) is 0 Å². The van der Waals surface area contributed by atoms with E-state index in [0.29, 0.717) is 12.5 Å². The van der Waals surface area contributed by atoms with Gasteiger partial charge in [-0.2, -0.15) is 4.98 Å². The van der Waals surface area contributed by atoms with Gasteiger partial charge in [0.2, 0.25) is 5.95 Å². The van der Waals surface area contributed by atoms with Crippen LogP contribution in [0.2, 0.25) is 5.02 Å². The summed E-state index contributed by atoms with van der Waals surface area (Å²) in [7, 11) is 2.03. The van der Waals surface area contributed by atoms with Crippen LogP contribution in [0.1, 0.15) is 16.8 Å². The van der Waals surface area contributed by atoms with Crippen molar-refractivity contribution in [3.63, 3.8) is 0 Å². The van der Waals surface area contributed by atoms with Gasteiger partial charge in [-0.3, -0.25) is 0 Å². The minimum atomic E-state index is 0.588. The summed E-state index contributed by atoms with van der Waals surface area (Å²) in [5.74, 6) is 1.49. The van der Waals surface area contributed by atoms with Crippen LogP contribution in [0.3, 0.4) is 0 Å². The number of benzene rings is 2. The van der Waals surface area contributed by atoms with Gasteiger partial charge >= 0.3 is 0 Å².